The molecule has 2 heterocycles. The van der Waals surface area contributed by atoms with E-state index in [4.69, 9.17) is 25.8 Å². The Kier molecular flexibility index (Phi) is 6.86. The maximum absolute atomic E-state index is 12.4. The molecule has 35 heavy (non-hydrogen) atoms. The molecule has 2 amide bonds. The fourth-order valence-corrected chi connectivity index (χ4v) is 4.44. The maximum Gasteiger partial charge on any atom is 0.410 e. The molecule has 2 aliphatic rings. The summed E-state index contributed by atoms with van der Waals surface area (Å²) in [6.45, 7) is 10.7. The zero-order chi connectivity index (χ0) is 25.4. The smallest absolute Gasteiger partial charge is 0.410 e. The molecule has 1 aliphatic heterocycles. The van der Waals surface area contributed by atoms with E-state index >= 15 is 0 Å². The molecule has 9 heteroatoms. The minimum absolute atomic E-state index is 0.0283. The van der Waals surface area contributed by atoms with Gasteiger partial charge in [-0.1, -0.05) is 41.9 Å². The van der Waals surface area contributed by atoms with Crippen LogP contribution in [0, 0.1) is 11.8 Å². The van der Waals surface area contributed by atoms with Crippen molar-refractivity contribution in [3.8, 4) is 5.88 Å². The highest BCUT2D eigenvalue weighted by atomic mass is 35.5. The van der Waals surface area contributed by atoms with Crippen LogP contribution >= 0.6 is 11.6 Å². The molecule has 1 N–H and O–H groups in total. The number of aromatic nitrogens is 1. The number of amides is 2. The number of halogens is 1. The second-order valence-corrected chi connectivity index (χ2v) is 11.0. The lowest BCUT2D eigenvalue weighted by Crippen LogP contribution is -2.41. The monoisotopic (exact) mass is 501 g/mol. The van der Waals surface area contributed by atoms with Crippen molar-refractivity contribution in [2.75, 3.05) is 13.1 Å². The van der Waals surface area contributed by atoms with Crippen LogP contribution < -0.4 is 10.1 Å². The third kappa shape index (κ3) is 6.36. The van der Waals surface area contributed by atoms with Gasteiger partial charge in [0.1, 0.15) is 23.5 Å². The first-order chi connectivity index (χ1) is 16.4. The molecule has 4 rings (SSSR count). The summed E-state index contributed by atoms with van der Waals surface area (Å²) >= 11 is 6.28. The Morgan fingerprint density at radius 1 is 1.09 bits per heavy atom. The van der Waals surface area contributed by atoms with Gasteiger partial charge in [-0.3, -0.25) is 0 Å². The average molecular weight is 502 g/mol. The predicted molar refractivity (Wildman–Crippen MR) is 131 cm³/mol. The van der Waals surface area contributed by atoms with Gasteiger partial charge in [-0.25, -0.2) is 14.6 Å². The van der Waals surface area contributed by atoms with Gasteiger partial charge in [-0.2, -0.15) is 0 Å². The second-order valence-electron chi connectivity index (χ2n) is 10.6. The number of hydrogen-bond acceptors (Lipinski definition) is 6. The number of fused-ring (bicyclic) bond motifs is 1. The molecule has 0 spiro atoms. The number of piperidine rings is 1. The first-order valence-corrected chi connectivity index (χ1v) is 12.1. The van der Waals surface area contributed by atoms with Crippen LogP contribution in [0.15, 0.2) is 42.5 Å². The van der Waals surface area contributed by atoms with E-state index in [0.717, 1.165) is 11.1 Å². The van der Waals surface area contributed by atoms with Gasteiger partial charge >= 0.3 is 12.2 Å². The van der Waals surface area contributed by atoms with Crippen molar-refractivity contribution >= 4 is 23.8 Å². The fraction of sp³-hybridized carbons (Fsp3) is 0.500. The van der Waals surface area contributed by atoms with Crippen LogP contribution in [0.5, 0.6) is 5.88 Å². The van der Waals surface area contributed by atoms with Gasteiger partial charge in [0.05, 0.1) is 5.54 Å². The Bertz CT molecular complexity index is 1070. The van der Waals surface area contributed by atoms with Crippen LogP contribution in [0.3, 0.4) is 0 Å². The molecule has 2 unspecified atom stereocenters. The molecule has 0 bridgehead atoms. The number of carbonyl (C=O) groups excluding carboxylic acids is 2. The van der Waals surface area contributed by atoms with E-state index < -0.39 is 17.2 Å². The Balaban J connectivity index is 1.33. The number of benzene rings is 1. The number of ether oxygens (including phenoxy) is 3. The summed E-state index contributed by atoms with van der Waals surface area (Å²) in [5, 5.41) is 3.15. The van der Waals surface area contributed by atoms with Crippen LogP contribution in [0.2, 0.25) is 5.15 Å². The van der Waals surface area contributed by atoms with Crippen molar-refractivity contribution in [1.29, 1.82) is 0 Å². The van der Waals surface area contributed by atoms with Crippen LogP contribution in [0.25, 0.3) is 0 Å². The Morgan fingerprint density at radius 2 is 1.74 bits per heavy atom. The highest BCUT2D eigenvalue weighted by Crippen LogP contribution is 2.48. The number of nitrogens with one attached hydrogen (secondary N) is 1. The largest absolute Gasteiger partial charge is 0.474 e. The molecule has 2 aromatic rings. The van der Waals surface area contributed by atoms with Crippen LogP contribution in [-0.2, 0) is 21.6 Å². The van der Waals surface area contributed by atoms with Gasteiger partial charge in [0.2, 0.25) is 5.88 Å². The molecule has 1 aromatic heterocycles. The number of alkyl carbamates (subject to hydrolysis) is 1. The molecular formula is C26H32ClN3O5. The molecule has 8 nitrogen and oxygen atoms in total. The minimum Gasteiger partial charge on any atom is -0.474 e. The van der Waals surface area contributed by atoms with Gasteiger partial charge in [-0.15, -0.1) is 0 Å². The first kappa shape index (κ1) is 25.1. The van der Waals surface area contributed by atoms with Gasteiger partial charge in [0.25, 0.3) is 0 Å². The van der Waals surface area contributed by atoms with E-state index in [1.165, 1.54) is 0 Å². The minimum atomic E-state index is -0.772. The summed E-state index contributed by atoms with van der Waals surface area (Å²) in [6.07, 6.45) is -0.855. The number of nitrogens with zero attached hydrogens (tertiary/aromatic N) is 2. The molecule has 188 valence electrons. The number of carbonyl (C=O) groups is 2. The highest BCUT2D eigenvalue weighted by Gasteiger charge is 2.59. The van der Waals surface area contributed by atoms with Crippen molar-refractivity contribution in [3.05, 3.63) is 58.7 Å². The molecule has 1 aromatic carbocycles. The summed E-state index contributed by atoms with van der Waals surface area (Å²) in [5.41, 5.74) is 0.356. The Morgan fingerprint density at radius 3 is 2.37 bits per heavy atom. The molecule has 1 saturated carbocycles. The average Bonchev–Trinajstić information content (AvgIpc) is 3.18. The molecular weight excluding hydrogens is 470 g/mol. The number of rotatable bonds is 6. The van der Waals surface area contributed by atoms with Crippen LogP contribution in [0.4, 0.5) is 9.59 Å². The van der Waals surface area contributed by atoms with E-state index in [9.17, 15) is 9.59 Å². The van der Waals surface area contributed by atoms with Crippen molar-refractivity contribution in [3.63, 3.8) is 0 Å². The maximum atomic E-state index is 12.4. The predicted octanol–water partition coefficient (Wildman–Crippen LogP) is 5.14. The van der Waals surface area contributed by atoms with Gasteiger partial charge < -0.3 is 24.4 Å². The number of pyridine rings is 1. The second kappa shape index (κ2) is 9.57. The lowest BCUT2D eigenvalue weighted by Gasteiger charge is -2.27. The molecule has 1 saturated heterocycles. The first-order valence-electron chi connectivity index (χ1n) is 11.7. The molecule has 1 aliphatic carbocycles. The quantitative estimate of drug-likeness (QED) is 0.551. The third-order valence-corrected chi connectivity index (χ3v) is 6.34. The topological polar surface area (TPSA) is 90.0 Å². The SMILES string of the molecule is CC(C)(C)OC(=O)N1CC2C(C1)C2Oc1cc(C(C)(C)NC(=O)OCc2ccccc2)cc(Cl)n1. The Labute approximate surface area is 210 Å². The van der Waals surface area contributed by atoms with Gasteiger partial charge in [-0.05, 0) is 51.8 Å². The number of likely N-dealkylation sites (tertiary alicyclic amines) is 1. The molecule has 0 radical (unpaired) electrons. The normalized spacial score (nSPS) is 21.2. The summed E-state index contributed by atoms with van der Waals surface area (Å²) in [7, 11) is 0. The standard InChI is InChI=1S/C26H32ClN3O5/c1-25(2,3)35-24(32)30-13-18-19(14-30)22(18)34-21-12-17(11-20(27)28-21)26(4,5)29-23(31)33-15-16-9-7-6-8-10-16/h6-12,18-19,22H,13-15H2,1-5H3,(H,29,31). The summed E-state index contributed by atoms with van der Waals surface area (Å²) < 4.78 is 16.9. The van der Waals surface area contributed by atoms with E-state index in [-0.39, 0.29) is 35.8 Å². The van der Waals surface area contributed by atoms with Crippen LogP contribution in [0.1, 0.15) is 45.7 Å². The van der Waals surface area contributed by atoms with Crippen molar-refractivity contribution < 1.29 is 23.8 Å². The zero-order valence-corrected chi connectivity index (χ0v) is 21.5. The summed E-state index contributed by atoms with van der Waals surface area (Å²) in [4.78, 5) is 30.7. The molecule has 2 fully saturated rings. The summed E-state index contributed by atoms with van der Waals surface area (Å²) in [5.74, 6) is 0.875. The third-order valence-electron chi connectivity index (χ3n) is 6.14. The lowest BCUT2D eigenvalue weighted by molar-refractivity contribution is 0.0252. The van der Waals surface area contributed by atoms with Crippen molar-refractivity contribution in [2.45, 2.75) is 58.5 Å². The molecule has 2 atom stereocenters. The van der Waals surface area contributed by atoms with Gasteiger partial charge in [0, 0.05) is 31.0 Å². The van der Waals surface area contributed by atoms with E-state index in [1.807, 2.05) is 65.0 Å². The highest BCUT2D eigenvalue weighted by molar-refractivity contribution is 6.29. The van der Waals surface area contributed by atoms with E-state index in [0.29, 0.717) is 19.0 Å². The summed E-state index contributed by atoms with van der Waals surface area (Å²) in [6, 6.07) is 13.0. The van der Waals surface area contributed by atoms with Crippen LogP contribution in [-0.4, -0.2) is 46.9 Å². The van der Waals surface area contributed by atoms with Crippen molar-refractivity contribution in [2.24, 2.45) is 11.8 Å². The van der Waals surface area contributed by atoms with E-state index in [2.05, 4.69) is 10.3 Å². The van der Waals surface area contributed by atoms with Gasteiger partial charge in [0.15, 0.2) is 0 Å². The Hall–Kier alpha value is -3.00. The lowest BCUT2D eigenvalue weighted by atomic mass is 9.95. The van der Waals surface area contributed by atoms with E-state index in [1.54, 1.807) is 17.0 Å². The fourth-order valence-electron chi connectivity index (χ4n) is 4.24. The zero-order valence-electron chi connectivity index (χ0n) is 20.7. The number of hydrogen-bond donors (Lipinski definition) is 1. The van der Waals surface area contributed by atoms with Crippen molar-refractivity contribution in [1.82, 2.24) is 15.2 Å².